The van der Waals surface area contributed by atoms with Crippen LogP contribution in [0.25, 0.3) is 0 Å². The van der Waals surface area contributed by atoms with Crippen LogP contribution in [0.2, 0.25) is 0 Å². The second-order valence-corrected chi connectivity index (χ2v) is 5.86. The number of esters is 1. The fourth-order valence-electron chi connectivity index (χ4n) is 2.63. The van der Waals surface area contributed by atoms with Crippen LogP contribution in [-0.2, 0) is 9.53 Å². The van der Waals surface area contributed by atoms with E-state index in [4.69, 9.17) is 4.74 Å². The van der Waals surface area contributed by atoms with Gasteiger partial charge in [0.1, 0.15) is 0 Å². The summed E-state index contributed by atoms with van der Waals surface area (Å²) in [5, 5.41) is 0. The van der Waals surface area contributed by atoms with E-state index in [2.05, 4.69) is 27.7 Å². The Morgan fingerprint density at radius 1 is 0.941 bits per heavy atom. The van der Waals surface area contributed by atoms with Crippen molar-refractivity contribution in [2.45, 2.75) is 60.3 Å². The molecule has 2 nitrogen and oxygen atoms in total. The van der Waals surface area contributed by atoms with Gasteiger partial charge < -0.3 is 4.74 Å². The first kappa shape index (κ1) is 16.5. The molecular formula is C15H30O2. The number of hydrogen-bond acceptors (Lipinski definition) is 2. The van der Waals surface area contributed by atoms with Gasteiger partial charge in [-0.15, -0.1) is 0 Å². The molecule has 0 aromatic heterocycles. The van der Waals surface area contributed by atoms with Crippen molar-refractivity contribution >= 4 is 5.97 Å². The third-order valence-electron chi connectivity index (χ3n) is 3.67. The van der Waals surface area contributed by atoms with Gasteiger partial charge in [0.05, 0.1) is 13.0 Å². The summed E-state index contributed by atoms with van der Waals surface area (Å²) < 4.78 is 4.76. The highest BCUT2D eigenvalue weighted by Gasteiger charge is 2.18. The molecule has 0 saturated heterocycles. The summed E-state index contributed by atoms with van der Waals surface area (Å²) in [4.78, 5) is 11.3. The zero-order chi connectivity index (χ0) is 13.4. The van der Waals surface area contributed by atoms with E-state index in [1.165, 1.54) is 26.4 Å². The fraction of sp³-hybridized carbons (Fsp3) is 0.933. The lowest BCUT2D eigenvalue weighted by atomic mass is 9.85. The maximum absolute atomic E-state index is 11.3. The number of ether oxygens (including phenoxy) is 1. The van der Waals surface area contributed by atoms with Crippen molar-refractivity contribution in [3.8, 4) is 0 Å². The van der Waals surface area contributed by atoms with E-state index in [-0.39, 0.29) is 11.9 Å². The van der Waals surface area contributed by atoms with Crippen molar-refractivity contribution in [2.24, 2.45) is 23.7 Å². The molecule has 0 heterocycles. The third-order valence-corrected chi connectivity index (χ3v) is 3.67. The first-order valence-electron chi connectivity index (χ1n) is 6.98. The molecule has 17 heavy (non-hydrogen) atoms. The molecule has 0 N–H and O–H groups in total. The normalized spacial score (nSPS) is 18.2. The van der Waals surface area contributed by atoms with Crippen molar-refractivity contribution in [1.82, 2.24) is 0 Å². The standard InChI is InChI=1S/C15H30O2/c1-7-11(2)8-12(3)9-13(4)10-14(5)15(16)17-6/h11-14H,7-10H2,1-6H3/t11-,12-,13-,14+/m1/s1. The van der Waals surface area contributed by atoms with Crippen LogP contribution in [0.3, 0.4) is 0 Å². The van der Waals surface area contributed by atoms with Gasteiger partial charge >= 0.3 is 5.97 Å². The second kappa shape index (κ2) is 8.54. The highest BCUT2D eigenvalue weighted by molar-refractivity contribution is 5.71. The van der Waals surface area contributed by atoms with E-state index >= 15 is 0 Å². The predicted octanol–water partition coefficient (Wildman–Crippen LogP) is 4.28. The quantitative estimate of drug-likeness (QED) is 0.594. The Balaban J connectivity index is 3.92. The van der Waals surface area contributed by atoms with Crippen LogP contribution in [0.4, 0.5) is 0 Å². The van der Waals surface area contributed by atoms with Crippen LogP contribution in [0, 0.1) is 23.7 Å². The van der Waals surface area contributed by atoms with E-state index in [9.17, 15) is 4.79 Å². The first-order chi connectivity index (χ1) is 7.90. The molecule has 0 aliphatic carbocycles. The van der Waals surface area contributed by atoms with Gasteiger partial charge in [0.25, 0.3) is 0 Å². The van der Waals surface area contributed by atoms with Gasteiger partial charge in [-0.05, 0) is 37.0 Å². The number of carbonyl (C=O) groups excluding carboxylic acids is 1. The van der Waals surface area contributed by atoms with Gasteiger partial charge in [-0.2, -0.15) is 0 Å². The molecule has 0 bridgehead atoms. The van der Waals surface area contributed by atoms with Gasteiger partial charge in [0, 0.05) is 0 Å². The summed E-state index contributed by atoms with van der Waals surface area (Å²) >= 11 is 0. The van der Waals surface area contributed by atoms with E-state index in [0.717, 1.165) is 18.3 Å². The predicted molar refractivity (Wildman–Crippen MR) is 72.8 cm³/mol. The minimum absolute atomic E-state index is 0.0331. The molecule has 0 unspecified atom stereocenters. The summed E-state index contributed by atoms with van der Waals surface area (Å²) in [6.45, 7) is 11.1. The second-order valence-electron chi connectivity index (χ2n) is 5.86. The highest BCUT2D eigenvalue weighted by atomic mass is 16.5. The third kappa shape index (κ3) is 7.40. The summed E-state index contributed by atoms with van der Waals surface area (Å²) in [5.74, 6) is 2.13. The highest BCUT2D eigenvalue weighted by Crippen LogP contribution is 2.25. The molecule has 2 heteroatoms. The summed E-state index contributed by atoms with van der Waals surface area (Å²) in [6.07, 6.45) is 4.72. The van der Waals surface area contributed by atoms with Gasteiger partial charge in [-0.1, -0.05) is 41.0 Å². The molecule has 0 aliphatic rings. The topological polar surface area (TPSA) is 26.3 Å². The van der Waals surface area contributed by atoms with E-state index in [1.54, 1.807) is 0 Å². The largest absolute Gasteiger partial charge is 0.469 e. The van der Waals surface area contributed by atoms with Gasteiger partial charge in [-0.3, -0.25) is 4.79 Å². The van der Waals surface area contributed by atoms with Crippen molar-refractivity contribution in [3.05, 3.63) is 0 Å². The lowest BCUT2D eigenvalue weighted by Crippen LogP contribution is -2.17. The summed E-state index contributed by atoms with van der Waals surface area (Å²) in [5.41, 5.74) is 0. The van der Waals surface area contributed by atoms with Crippen LogP contribution in [-0.4, -0.2) is 13.1 Å². The number of hydrogen-bond donors (Lipinski definition) is 0. The summed E-state index contributed by atoms with van der Waals surface area (Å²) in [7, 11) is 1.47. The molecule has 0 spiro atoms. The maximum Gasteiger partial charge on any atom is 0.308 e. The van der Waals surface area contributed by atoms with Gasteiger partial charge in [0.15, 0.2) is 0 Å². The SMILES string of the molecule is CC[C@@H](C)C[C@@H](C)C[C@@H](C)C[C@H](C)C(=O)OC. The Bertz CT molecular complexity index is 213. The van der Waals surface area contributed by atoms with Crippen LogP contribution < -0.4 is 0 Å². The van der Waals surface area contributed by atoms with Crippen LogP contribution in [0.1, 0.15) is 60.3 Å². The summed E-state index contributed by atoms with van der Waals surface area (Å²) in [6, 6.07) is 0. The minimum Gasteiger partial charge on any atom is -0.469 e. The number of carbonyl (C=O) groups is 1. The zero-order valence-corrected chi connectivity index (χ0v) is 12.5. The van der Waals surface area contributed by atoms with Crippen LogP contribution in [0.15, 0.2) is 0 Å². The molecule has 102 valence electrons. The van der Waals surface area contributed by atoms with Gasteiger partial charge in [0.2, 0.25) is 0 Å². The molecular weight excluding hydrogens is 212 g/mol. The van der Waals surface area contributed by atoms with E-state index < -0.39 is 0 Å². The molecule has 0 saturated carbocycles. The molecule has 0 amide bonds. The monoisotopic (exact) mass is 242 g/mol. The Morgan fingerprint density at radius 2 is 1.41 bits per heavy atom. The Hall–Kier alpha value is -0.530. The Labute approximate surface area is 107 Å². The maximum atomic E-state index is 11.3. The minimum atomic E-state index is -0.0774. The molecule has 0 aliphatic heterocycles. The zero-order valence-electron chi connectivity index (χ0n) is 12.5. The first-order valence-corrected chi connectivity index (χ1v) is 6.98. The van der Waals surface area contributed by atoms with Gasteiger partial charge in [-0.25, -0.2) is 0 Å². The van der Waals surface area contributed by atoms with Crippen molar-refractivity contribution in [1.29, 1.82) is 0 Å². The molecule has 4 atom stereocenters. The smallest absolute Gasteiger partial charge is 0.308 e. The van der Waals surface area contributed by atoms with E-state index in [1.807, 2.05) is 6.92 Å². The molecule has 0 radical (unpaired) electrons. The van der Waals surface area contributed by atoms with Crippen molar-refractivity contribution in [3.63, 3.8) is 0 Å². The average Bonchev–Trinajstić information content (AvgIpc) is 2.26. The molecule has 0 fully saturated rings. The Kier molecular flexibility index (Phi) is 8.28. The van der Waals surface area contributed by atoms with Crippen molar-refractivity contribution in [2.75, 3.05) is 7.11 Å². The average molecular weight is 242 g/mol. The fourth-order valence-corrected chi connectivity index (χ4v) is 2.63. The molecule has 0 aromatic carbocycles. The lowest BCUT2D eigenvalue weighted by Gasteiger charge is -2.21. The number of rotatable bonds is 8. The molecule has 0 aromatic rings. The molecule has 0 rings (SSSR count). The van der Waals surface area contributed by atoms with Crippen LogP contribution in [0.5, 0.6) is 0 Å². The van der Waals surface area contributed by atoms with Crippen LogP contribution >= 0.6 is 0 Å². The number of methoxy groups -OCH3 is 1. The van der Waals surface area contributed by atoms with E-state index in [0.29, 0.717) is 5.92 Å². The Morgan fingerprint density at radius 3 is 1.88 bits per heavy atom. The van der Waals surface area contributed by atoms with Crippen molar-refractivity contribution < 1.29 is 9.53 Å². The lowest BCUT2D eigenvalue weighted by molar-refractivity contribution is -0.145.